The zero-order valence-electron chi connectivity index (χ0n) is 17.0. The van der Waals surface area contributed by atoms with Gasteiger partial charge in [-0.15, -0.1) is 0 Å². The van der Waals surface area contributed by atoms with E-state index in [1.807, 2.05) is 78.9 Å². The largest absolute Gasteiger partial charge is 0.354 e. The van der Waals surface area contributed by atoms with Crippen molar-refractivity contribution in [1.82, 2.24) is 9.97 Å². The molecule has 0 unspecified atom stereocenters. The molecular weight excluding hydrogens is 400 g/mol. The highest BCUT2D eigenvalue weighted by Crippen LogP contribution is 2.33. The highest BCUT2D eigenvalue weighted by molar-refractivity contribution is 5.94. The fourth-order valence-electron chi connectivity index (χ4n) is 3.59. The number of non-ortho nitro benzene ring substituents is 1. The third-order valence-corrected chi connectivity index (χ3v) is 5.15. The van der Waals surface area contributed by atoms with Crippen LogP contribution >= 0.6 is 0 Å². The minimum absolute atomic E-state index is 0.0483. The van der Waals surface area contributed by atoms with Gasteiger partial charge in [-0.05, 0) is 24.3 Å². The summed E-state index contributed by atoms with van der Waals surface area (Å²) in [5.41, 5.74) is 6.63. The van der Waals surface area contributed by atoms with Crippen molar-refractivity contribution in [2.45, 2.75) is 0 Å². The molecular formula is C26H18N4O2. The maximum atomic E-state index is 10.9. The summed E-state index contributed by atoms with van der Waals surface area (Å²) in [6, 6.07) is 32.1. The van der Waals surface area contributed by atoms with Crippen LogP contribution in [-0.4, -0.2) is 14.9 Å². The number of hydrogen-bond acceptors (Lipinski definition) is 5. The molecule has 5 rings (SSSR count). The van der Waals surface area contributed by atoms with Crippen molar-refractivity contribution < 1.29 is 4.92 Å². The smallest absolute Gasteiger partial charge is 0.269 e. The third kappa shape index (κ3) is 3.77. The molecule has 0 aliphatic rings. The standard InChI is InChI=1S/C26H18N4O2/c31-30(32)21-16-14-20(15-17-21)27-22-12-7-13-23-26(22)29-25(19-10-5-2-6-11-19)24(28-23)18-8-3-1-4-9-18/h1-17,27H. The van der Waals surface area contributed by atoms with Gasteiger partial charge < -0.3 is 5.32 Å². The highest BCUT2D eigenvalue weighted by atomic mass is 16.6. The van der Waals surface area contributed by atoms with Crippen LogP contribution in [0.4, 0.5) is 17.1 Å². The Morgan fingerprint density at radius 3 is 1.84 bits per heavy atom. The number of rotatable bonds is 5. The first-order chi connectivity index (χ1) is 15.7. The van der Waals surface area contributed by atoms with Crippen molar-refractivity contribution in [3.63, 3.8) is 0 Å². The van der Waals surface area contributed by atoms with E-state index in [2.05, 4.69) is 5.32 Å². The Kier molecular flexibility index (Phi) is 5.01. The number of benzene rings is 4. The SMILES string of the molecule is O=[N+]([O-])c1ccc(Nc2cccc3nc(-c4ccccc4)c(-c4ccccc4)nc23)cc1. The van der Waals surface area contributed by atoms with Gasteiger partial charge in [0.05, 0.1) is 27.5 Å². The molecule has 0 amide bonds. The molecule has 1 aromatic heterocycles. The van der Waals surface area contributed by atoms with Gasteiger partial charge in [0.2, 0.25) is 0 Å². The zero-order valence-corrected chi connectivity index (χ0v) is 17.0. The van der Waals surface area contributed by atoms with Crippen LogP contribution in [0.2, 0.25) is 0 Å². The number of nitrogens with zero attached hydrogens (tertiary/aromatic N) is 3. The summed E-state index contributed by atoms with van der Waals surface area (Å²) in [5.74, 6) is 0. The number of aromatic nitrogens is 2. The van der Waals surface area contributed by atoms with Crippen LogP contribution in [0.5, 0.6) is 0 Å². The summed E-state index contributed by atoms with van der Waals surface area (Å²) in [5, 5.41) is 14.3. The fraction of sp³-hybridized carbons (Fsp3) is 0. The Labute approximate surface area is 184 Å². The zero-order chi connectivity index (χ0) is 21.9. The summed E-state index contributed by atoms with van der Waals surface area (Å²) in [7, 11) is 0. The Bertz CT molecular complexity index is 1400. The molecule has 6 nitrogen and oxygen atoms in total. The Morgan fingerprint density at radius 2 is 1.25 bits per heavy atom. The molecule has 154 valence electrons. The van der Waals surface area contributed by atoms with Crippen molar-refractivity contribution in [2.24, 2.45) is 0 Å². The van der Waals surface area contributed by atoms with Crippen LogP contribution in [0, 0.1) is 10.1 Å². The average molecular weight is 418 g/mol. The van der Waals surface area contributed by atoms with E-state index in [1.165, 1.54) is 12.1 Å². The topological polar surface area (TPSA) is 81.0 Å². The second-order valence-corrected chi connectivity index (χ2v) is 7.26. The maximum Gasteiger partial charge on any atom is 0.269 e. The second-order valence-electron chi connectivity index (χ2n) is 7.26. The van der Waals surface area contributed by atoms with E-state index in [0.29, 0.717) is 0 Å². The summed E-state index contributed by atoms with van der Waals surface area (Å²) < 4.78 is 0. The molecule has 0 radical (unpaired) electrons. The van der Waals surface area contributed by atoms with E-state index >= 15 is 0 Å². The number of fused-ring (bicyclic) bond motifs is 1. The van der Waals surface area contributed by atoms with E-state index in [4.69, 9.17) is 9.97 Å². The third-order valence-electron chi connectivity index (χ3n) is 5.15. The lowest BCUT2D eigenvalue weighted by Crippen LogP contribution is -1.99. The molecule has 0 fully saturated rings. The van der Waals surface area contributed by atoms with Crippen molar-refractivity contribution in [3.8, 4) is 22.5 Å². The van der Waals surface area contributed by atoms with Gasteiger partial charge in [0, 0.05) is 28.9 Å². The van der Waals surface area contributed by atoms with Crippen molar-refractivity contribution in [2.75, 3.05) is 5.32 Å². The number of anilines is 2. The van der Waals surface area contributed by atoms with Gasteiger partial charge in [-0.1, -0.05) is 66.7 Å². The second kappa shape index (κ2) is 8.28. The molecule has 6 heteroatoms. The average Bonchev–Trinajstić information content (AvgIpc) is 2.85. The monoisotopic (exact) mass is 418 g/mol. The van der Waals surface area contributed by atoms with Crippen LogP contribution in [0.25, 0.3) is 33.5 Å². The van der Waals surface area contributed by atoms with Gasteiger partial charge in [-0.25, -0.2) is 9.97 Å². The van der Waals surface area contributed by atoms with Crippen LogP contribution in [0.1, 0.15) is 0 Å². The minimum atomic E-state index is -0.412. The first kappa shape index (κ1) is 19.4. The fourth-order valence-corrected chi connectivity index (χ4v) is 3.59. The predicted molar refractivity (Wildman–Crippen MR) is 127 cm³/mol. The Morgan fingerprint density at radius 1 is 0.656 bits per heavy atom. The predicted octanol–water partition coefficient (Wildman–Crippen LogP) is 6.62. The number of para-hydroxylation sites is 1. The minimum Gasteiger partial charge on any atom is -0.354 e. The van der Waals surface area contributed by atoms with Gasteiger partial charge in [-0.3, -0.25) is 10.1 Å². The molecule has 32 heavy (non-hydrogen) atoms. The van der Waals surface area contributed by atoms with Gasteiger partial charge >= 0.3 is 0 Å². The highest BCUT2D eigenvalue weighted by Gasteiger charge is 2.15. The van der Waals surface area contributed by atoms with Crippen LogP contribution in [0.15, 0.2) is 103 Å². The number of hydrogen-bond donors (Lipinski definition) is 1. The molecule has 0 atom stereocenters. The molecule has 4 aromatic carbocycles. The maximum absolute atomic E-state index is 10.9. The molecule has 1 heterocycles. The molecule has 0 saturated heterocycles. The lowest BCUT2D eigenvalue weighted by atomic mass is 10.0. The molecule has 0 aliphatic carbocycles. The first-order valence-corrected chi connectivity index (χ1v) is 10.1. The summed E-state index contributed by atoms with van der Waals surface area (Å²) in [6.45, 7) is 0. The first-order valence-electron chi connectivity index (χ1n) is 10.1. The van der Waals surface area contributed by atoms with Crippen LogP contribution < -0.4 is 5.32 Å². The summed E-state index contributed by atoms with van der Waals surface area (Å²) in [4.78, 5) is 20.5. The van der Waals surface area contributed by atoms with Crippen molar-refractivity contribution in [1.29, 1.82) is 0 Å². The quantitative estimate of drug-likeness (QED) is 0.256. The molecule has 1 N–H and O–H groups in total. The lowest BCUT2D eigenvalue weighted by Gasteiger charge is -2.14. The lowest BCUT2D eigenvalue weighted by molar-refractivity contribution is -0.384. The van der Waals surface area contributed by atoms with E-state index in [1.54, 1.807) is 12.1 Å². The molecule has 0 saturated carbocycles. The summed E-state index contributed by atoms with van der Waals surface area (Å²) in [6.07, 6.45) is 0. The van der Waals surface area contributed by atoms with Gasteiger partial charge in [-0.2, -0.15) is 0 Å². The van der Waals surface area contributed by atoms with Crippen molar-refractivity contribution >= 4 is 28.1 Å². The Hall–Kier alpha value is -4.58. The van der Waals surface area contributed by atoms with E-state index in [0.717, 1.165) is 44.9 Å². The van der Waals surface area contributed by atoms with E-state index in [9.17, 15) is 10.1 Å². The molecule has 0 bridgehead atoms. The number of nitrogens with one attached hydrogen (secondary N) is 1. The van der Waals surface area contributed by atoms with E-state index in [-0.39, 0.29) is 5.69 Å². The normalized spacial score (nSPS) is 10.8. The van der Waals surface area contributed by atoms with Gasteiger partial charge in [0.15, 0.2) is 0 Å². The number of nitro groups is 1. The van der Waals surface area contributed by atoms with Crippen LogP contribution in [-0.2, 0) is 0 Å². The Balaban J connectivity index is 1.66. The number of nitro benzene ring substituents is 1. The molecule has 0 aliphatic heterocycles. The van der Waals surface area contributed by atoms with Gasteiger partial charge in [0.1, 0.15) is 5.52 Å². The molecule has 5 aromatic rings. The van der Waals surface area contributed by atoms with E-state index < -0.39 is 4.92 Å². The van der Waals surface area contributed by atoms with Crippen molar-refractivity contribution in [3.05, 3.63) is 113 Å². The molecule has 0 spiro atoms. The van der Waals surface area contributed by atoms with Gasteiger partial charge in [0.25, 0.3) is 5.69 Å². The summed E-state index contributed by atoms with van der Waals surface area (Å²) >= 11 is 0. The van der Waals surface area contributed by atoms with Crippen LogP contribution in [0.3, 0.4) is 0 Å².